The molecule has 2 aliphatic rings. The smallest absolute Gasteiger partial charge is 0.410 e. The molecule has 1 N–H and O–H groups in total. The summed E-state index contributed by atoms with van der Waals surface area (Å²) < 4.78 is 23.5. The number of fused-ring (bicyclic) bond motifs is 4. The molecule has 52 heavy (non-hydrogen) atoms. The standard InChI is InChI=1S/C40H45N5O6S/c1-24(46)45(28-9-12-36-34(18-28)43-38(52-36)26-13-15-44(16-14-26)39(47)51-40(2,3)4)21-25-7-11-30-31-22-50-23-32(31)37(42-33(30)17-25)41-20-27-8-10-29(48-5)19-35(27)49-6/h7-12,17-19,26H,13-16,20-23H2,1-6H3,(H,41,42). The highest BCUT2D eigenvalue weighted by Gasteiger charge is 2.29. The van der Waals surface area contributed by atoms with Crippen molar-refractivity contribution in [2.45, 2.75) is 78.4 Å². The maximum Gasteiger partial charge on any atom is 0.410 e. The fourth-order valence-corrected chi connectivity index (χ4v) is 8.01. The third-order valence-corrected chi connectivity index (χ3v) is 10.8. The van der Waals surface area contributed by atoms with Crippen molar-refractivity contribution in [1.82, 2.24) is 14.9 Å². The van der Waals surface area contributed by atoms with E-state index in [9.17, 15) is 9.59 Å². The van der Waals surface area contributed by atoms with Crippen LogP contribution < -0.4 is 19.7 Å². The van der Waals surface area contributed by atoms with Crippen molar-refractivity contribution in [2.24, 2.45) is 0 Å². The fraction of sp³-hybridized carbons (Fsp3) is 0.400. The van der Waals surface area contributed by atoms with E-state index in [2.05, 4.69) is 29.6 Å². The molecule has 0 unspecified atom stereocenters. The van der Waals surface area contributed by atoms with Gasteiger partial charge in [-0.05, 0) is 81.1 Å². The Labute approximate surface area is 307 Å². The van der Waals surface area contributed by atoms with E-state index in [1.807, 2.05) is 51.1 Å². The molecule has 0 spiro atoms. The Morgan fingerprint density at radius 2 is 1.75 bits per heavy atom. The molecule has 0 atom stereocenters. The molecule has 272 valence electrons. The van der Waals surface area contributed by atoms with Crippen LogP contribution in [0.15, 0.2) is 54.6 Å². The quantitative estimate of drug-likeness (QED) is 0.161. The number of hydrogen-bond acceptors (Lipinski definition) is 10. The summed E-state index contributed by atoms with van der Waals surface area (Å²) in [5.41, 5.74) is 6.13. The Morgan fingerprint density at radius 1 is 0.962 bits per heavy atom. The van der Waals surface area contributed by atoms with E-state index in [1.54, 1.807) is 42.3 Å². The maximum absolute atomic E-state index is 13.1. The van der Waals surface area contributed by atoms with E-state index in [1.165, 1.54) is 0 Å². The van der Waals surface area contributed by atoms with Crippen molar-refractivity contribution in [2.75, 3.05) is 37.5 Å². The van der Waals surface area contributed by atoms with Crippen LogP contribution in [0.5, 0.6) is 11.5 Å². The van der Waals surface area contributed by atoms with Gasteiger partial charge in [0.1, 0.15) is 22.9 Å². The van der Waals surface area contributed by atoms with Gasteiger partial charge in [-0.3, -0.25) is 4.79 Å². The third kappa shape index (κ3) is 7.49. The highest BCUT2D eigenvalue weighted by molar-refractivity contribution is 7.18. The summed E-state index contributed by atoms with van der Waals surface area (Å²) in [5, 5.41) is 5.64. The topological polar surface area (TPSA) is 115 Å². The summed E-state index contributed by atoms with van der Waals surface area (Å²) in [6.07, 6.45) is 1.42. The van der Waals surface area contributed by atoms with Crippen LogP contribution in [0.25, 0.3) is 21.1 Å². The molecule has 0 bridgehead atoms. The lowest BCUT2D eigenvalue weighted by molar-refractivity contribution is -0.116. The minimum absolute atomic E-state index is 0.0597. The second-order valence-corrected chi connectivity index (χ2v) is 15.4. The normalized spacial score (nSPS) is 14.8. The predicted octanol–water partition coefficient (Wildman–Crippen LogP) is 8.17. The number of nitrogens with zero attached hydrogens (tertiary/aromatic N) is 4. The summed E-state index contributed by atoms with van der Waals surface area (Å²) in [5.74, 6) is 2.46. The highest BCUT2D eigenvalue weighted by Crippen LogP contribution is 2.37. The van der Waals surface area contributed by atoms with Crippen LogP contribution >= 0.6 is 11.3 Å². The van der Waals surface area contributed by atoms with Gasteiger partial charge < -0.3 is 34.1 Å². The van der Waals surface area contributed by atoms with Crippen LogP contribution in [-0.2, 0) is 40.6 Å². The summed E-state index contributed by atoms with van der Waals surface area (Å²) in [4.78, 5) is 39.3. The molecule has 5 aromatic rings. The number of carbonyl (C=O) groups excluding carboxylic acids is 2. The molecule has 2 aliphatic heterocycles. The molecule has 1 fully saturated rings. The lowest BCUT2D eigenvalue weighted by Crippen LogP contribution is -2.41. The first-order valence-corrected chi connectivity index (χ1v) is 18.4. The molecule has 12 heteroatoms. The van der Waals surface area contributed by atoms with Gasteiger partial charge >= 0.3 is 6.09 Å². The van der Waals surface area contributed by atoms with Crippen molar-refractivity contribution in [1.29, 1.82) is 0 Å². The number of carbonyl (C=O) groups is 2. The molecule has 0 radical (unpaired) electrons. The number of piperidine rings is 1. The lowest BCUT2D eigenvalue weighted by atomic mass is 9.98. The van der Waals surface area contributed by atoms with Gasteiger partial charge in [-0.15, -0.1) is 11.3 Å². The van der Waals surface area contributed by atoms with Crippen LogP contribution in [-0.4, -0.2) is 59.8 Å². The number of likely N-dealkylation sites (tertiary alicyclic amines) is 1. The lowest BCUT2D eigenvalue weighted by Gasteiger charge is -2.32. The van der Waals surface area contributed by atoms with E-state index in [0.717, 1.165) is 84.2 Å². The van der Waals surface area contributed by atoms with Crippen molar-refractivity contribution in [3.8, 4) is 11.5 Å². The monoisotopic (exact) mass is 723 g/mol. The number of hydrogen-bond donors (Lipinski definition) is 1. The zero-order chi connectivity index (χ0) is 36.6. The third-order valence-electron chi connectivity index (χ3n) is 9.62. The number of pyridine rings is 1. The highest BCUT2D eigenvalue weighted by atomic mass is 32.1. The van der Waals surface area contributed by atoms with Crippen LogP contribution in [0, 0.1) is 0 Å². The van der Waals surface area contributed by atoms with Gasteiger partial charge in [-0.25, -0.2) is 14.8 Å². The molecular weight excluding hydrogens is 679 g/mol. The number of ether oxygens (including phenoxy) is 4. The molecule has 2 amide bonds. The molecule has 3 aromatic carbocycles. The zero-order valence-corrected chi connectivity index (χ0v) is 31.4. The minimum atomic E-state index is -0.512. The number of nitrogens with one attached hydrogen (secondary N) is 1. The molecule has 2 aromatic heterocycles. The van der Waals surface area contributed by atoms with E-state index in [-0.39, 0.29) is 17.9 Å². The van der Waals surface area contributed by atoms with E-state index in [4.69, 9.17) is 28.9 Å². The van der Waals surface area contributed by atoms with Gasteiger partial charge in [0.2, 0.25) is 5.91 Å². The average Bonchev–Trinajstić information content (AvgIpc) is 3.80. The number of rotatable bonds is 9. The molecule has 7 rings (SSSR count). The molecule has 0 aliphatic carbocycles. The number of aromatic nitrogens is 2. The maximum atomic E-state index is 13.1. The fourth-order valence-electron chi connectivity index (χ4n) is 6.89. The van der Waals surface area contributed by atoms with Crippen LogP contribution in [0.4, 0.5) is 16.3 Å². The van der Waals surface area contributed by atoms with Crippen molar-refractivity contribution < 1.29 is 28.5 Å². The van der Waals surface area contributed by atoms with Crippen LogP contribution in [0.2, 0.25) is 0 Å². The first kappa shape index (κ1) is 35.5. The zero-order valence-electron chi connectivity index (χ0n) is 30.6. The van der Waals surface area contributed by atoms with Gasteiger partial charge in [0, 0.05) is 60.7 Å². The Hall–Kier alpha value is -4.94. The van der Waals surface area contributed by atoms with Gasteiger partial charge in [-0.2, -0.15) is 0 Å². The Balaban J connectivity index is 1.09. The Bertz CT molecular complexity index is 2140. The second-order valence-electron chi connectivity index (χ2n) is 14.3. The van der Waals surface area contributed by atoms with Crippen LogP contribution in [0.1, 0.15) is 73.7 Å². The molecule has 11 nitrogen and oxygen atoms in total. The van der Waals surface area contributed by atoms with Gasteiger partial charge in [0.15, 0.2) is 0 Å². The first-order chi connectivity index (χ1) is 25.0. The number of thiazole rings is 1. The average molecular weight is 724 g/mol. The van der Waals surface area contributed by atoms with E-state index >= 15 is 0 Å². The second kappa shape index (κ2) is 14.6. The number of anilines is 2. The predicted molar refractivity (Wildman–Crippen MR) is 203 cm³/mol. The molecule has 4 heterocycles. The summed E-state index contributed by atoms with van der Waals surface area (Å²) >= 11 is 1.69. The Morgan fingerprint density at radius 3 is 2.48 bits per heavy atom. The Kier molecular flexibility index (Phi) is 9.95. The SMILES string of the molecule is COc1ccc(CNc2nc3cc(CN(C(C)=O)c4ccc5sc(C6CCN(C(=O)OC(C)(C)C)CC6)nc5c4)ccc3c3c2COC3)c(OC)c1. The van der Waals surface area contributed by atoms with Gasteiger partial charge in [-0.1, -0.05) is 12.1 Å². The van der Waals surface area contributed by atoms with Gasteiger partial charge in [0.25, 0.3) is 0 Å². The largest absolute Gasteiger partial charge is 0.497 e. The number of amides is 2. The minimum Gasteiger partial charge on any atom is -0.497 e. The van der Waals surface area contributed by atoms with Crippen molar-refractivity contribution >= 4 is 56.0 Å². The van der Waals surface area contributed by atoms with Crippen molar-refractivity contribution in [3.63, 3.8) is 0 Å². The summed E-state index contributed by atoms with van der Waals surface area (Å²) in [6.45, 7) is 10.5. The number of methoxy groups -OCH3 is 2. The summed E-state index contributed by atoms with van der Waals surface area (Å²) in [6, 6.07) is 18.0. The van der Waals surface area contributed by atoms with E-state index < -0.39 is 5.60 Å². The molecule has 0 saturated carbocycles. The van der Waals surface area contributed by atoms with E-state index in [0.29, 0.717) is 39.4 Å². The van der Waals surface area contributed by atoms with Crippen molar-refractivity contribution in [3.05, 3.63) is 81.9 Å². The number of benzene rings is 3. The molecular formula is C40H45N5O6S. The van der Waals surface area contributed by atoms with Gasteiger partial charge in [0.05, 0.1) is 54.7 Å². The first-order valence-electron chi connectivity index (χ1n) is 17.6. The molecule has 1 saturated heterocycles. The van der Waals surface area contributed by atoms with Crippen LogP contribution in [0.3, 0.4) is 0 Å². The summed E-state index contributed by atoms with van der Waals surface area (Å²) in [7, 11) is 3.29.